The molecule has 2 N–H and O–H groups in total. The van der Waals surface area contributed by atoms with Crippen LogP contribution in [0.2, 0.25) is 5.02 Å². The molecule has 0 spiro atoms. The third-order valence-electron chi connectivity index (χ3n) is 3.04. The molecule has 0 atom stereocenters. The standard InChI is InChI=1S/C17H17ClN2O4S/c1-2-11-19-17(21)12-24-15-7-9-16(10-8-15)25(22,23)20-14-5-3-13(18)4-6-14/h2-10,20H,1,11-12H2,(H,19,21). The minimum atomic E-state index is -3.73. The van der Waals surface area contributed by atoms with Crippen molar-refractivity contribution in [3.8, 4) is 5.75 Å². The summed E-state index contributed by atoms with van der Waals surface area (Å²) in [6.45, 7) is 3.69. The fourth-order valence-electron chi connectivity index (χ4n) is 1.83. The van der Waals surface area contributed by atoms with Crippen LogP contribution < -0.4 is 14.8 Å². The molecule has 0 fully saturated rings. The molecule has 2 aromatic rings. The van der Waals surface area contributed by atoms with Crippen molar-refractivity contribution >= 4 is 33.2 Å². The van der Waals surface area contributed by atoms with Crippen LogP contribution in [-0.4, -0.2) is 27.5 Å². The molecule has 0 bridgehead atoms. The molecule has 0 saturated heterocycles. The van der Waals surface area contributed by atoms with E-state index < -0.39 is 10.0 Å². The Bertz CT molecular complexity index is 834. The van der Waals surface area contributed by atoms with Gasteiger partial charge in [0, 0.05) is 17.3 Å². The number of hydrogen-bond donors (Lipinski definition) is 2. The van der Waals surface area contributed by atoms with Gasteiger partial charge in [-0.05, 0) is 48.5 Å². The number of carbonyl (C=O) groups excluding carboxylic acids is 1. The molecule has 25 heavy (non-hydrogen) atoms. The van der Waals surface area contributed by atoms with Crippen molar-refractivity contribution in [3.63, 3.8) is 0 Å². The van der Waals surface area contributed by atoms with Crippen LogP contribution in [0, 0.1) is 0 Å². The SMILES string of the molecule is C=CCNC(=O)COc1ccc(S(=O)(=O)Nc2ccc(Cl)cc2)cc1. The Labute approximate surface area is 151 Å². The van der Waals surface area contributed by atoms with E-state index in [1.807, 2.05) is 0 Å². The third-order valence-corrected chi connectivity index (χ3v) is 4.69. The minimum Gasteiger partial charge on any atom is -0.484 e. The zero-order valence-corrected chi connectivity index (χ0v) is 14.8. The first kappa shape index (κ1) is 18.8. The maximum atomic E-state index is 12.3. The van der Waals surface area contributed by atoms with Gasteiger partial charge in [-0.1, -0.05) is 17.7 Å². The van der Waals surface area contributed by atoms with E-state index in [1.165, 1.54) is 24.3 Å². The van der Waals surface area contributed by atoms with E-state index >= 15 is 0 Å². The number of amides is 1. The Kier molecular flexibility index (Phi) is 6.44. The number of carbonyl (C=O) groups is 1. The lowest BCUT2D eigenvalue weighted by Gasteiger charge is -2.10. The molecule has 0 unspecified atom stereocenters. The number of sulfonamides is 1. The van der Waals surface area contributed by atoms with Crippen LogP contribution in [0.4, 0.5) is 5.69 Å². The zero-order chi connectivity index (χ0) is 18.3. The highest BCUT2D eigenvalue weighted by molar-refractivity contribution is 7.92. The average Bonchev–Trinajstić information content (AvgIpc) is 2.60. The Balaban J connectivity index is 1.99. The largest absolute Gasteiger partial charge is 0.484 e. The number of rotatable bonds is 8. The highest BCUT2D eigenvalue weighted by Gasteiger charge is 2.14. The zero-order valence-electron chi connectivity index (χ0n) is 13.2. The van der Waals surface area contributed by atoms with E-state index in [2.05, 4.69) is 16.6 Å². The van der Waals surface area contributed by atoms with Gasteiger partial charge in [-0.15, -0.1) is 6.58 Å². The van der Waals surface area contributed by atoms with E-state index in [0.29, 0.717) is 23.0 Å². The molecule has 1 amide bonds. The van der Waals surface area contributed by atoms with Gasteiger partial charge in [-0.3, -0.25) is 9.52 Å². The van der Waals surface area contributed by atoms with Gasteiger partial charge in [-0.25, -0.2) is 8.42 Å². The van der Waals surface area contributed by atoms with Crippen LogP contribution in [0.15, 0.2) is 66.1 Å². The predicted molar refractivity (Wildman–Crippen MR) is 97.4 cm³/mol. The van der Waals surface area contributed by atoms with Gasteiger partial charge in [0.1, 0.15) is 5.75 Å². The fourth-order valence-corrected chi connectivity index (χ4v) is 3.02. The Morgan fingerprint density at radius 1 is 1.12 bits per heavy atom. The van der Waals surface area contributed by atoms with Crippen molar-refractivity contribution in [3.05, 3.63) is 66.2 Å². The van der Waals surface area contributed by atoms with Gasteiger partial charge < -0.3 is 10.1 Å². The molecule has 2 rings (SSSR count). The molecular weight excluding hydrogens is 364 g/mol. The molecule has 0 aliphatic carbocycles. The lowest BCUT2D eigenvalue weighted by Crippen LogP contribution is -2.28. The summed E-state index contributed by atoms with van der Waals surface area (Å²) >= 11 is 5.77. The number of anilines is 1. The van der Waals surface area contributed by atoms with Crippen LogP contribution >= 0.6 is 11.6 Å². The van der Waals surface area contributed by atoms with Crippen LogP contribution in [0.3, 0.4) is 0 Å². The average molecular weight is 381 g/mol. The van der Waals surface area contributed by atoms with Gasteiger partial charge in [-0.2, -0.15) is 0 Å². The number of halogens is 1. The summed E-state index contributed by atoms with van der Waals surface area (Å²) < 4.78 is 32.4. The summed E-state index contributed by atoms with van der Waals surface area (Å²) in [5.41, 5.74) is 0.406. The van der Waals surface area contributed by atoms with Gasteiger partial charge >= 0.3 is 0 Å². The number of hydrogen-bond acceptors (Lipinski definition) is 4. The van der Waals surface area contributed by atoms with Gasteiger partial charge in [0.2, 0.25) is 0 Å². The Morgan fingerprint density at radius 3 is 2.36 bits per heavy atom. The summed E-state index contributed by atoms with van der Waals surface area (Å²) in [6, 6.07) is 12.1. The normalized spacial score (nSPS) is 10.8. The smallest absolute Gasteiger partial charge is 0.261 e. The molecule has 0 aliphatic heterocycles. The molecule has 0 radical (unpaired) electrons. The molecule has 0 aromatic heterocycles. The van der Waals surface area contributed by atoms with E-state index in [-0.39, 0.29) is 17.4 Å². The van der Waals surface area contributed by atoms with E-state index in [9.17, 15) is 13.2 Å². The summed E-state index contributed by atoms with van der Waals surface area (Å²) in [5.74, 6) is 0.0974. The van der Waals surface area contributed by atoms with Crippen LogP contribution in [0.25, 0.3) is 0 Å². The first-order valence-electron chi connectivity index (χ1n) is 7.29. The van der Waals surface area contributed by atoms with Crippen molar-refractivity contribution in [1.82, 2.24) is 5.32 Å². The predicted octanol–water partition coefficient (Wildman–Crippen LogP) is 2.82. The molecule has 2 aromatic carbocycles. The molecular formula is C17H17ClN2O4S. The third kappa shape index (κ3) is 5.81. The monoisotopic (exact) mass is 380 g/mol. The Morgan fingerprint density at radius 2 is 1.76 bits per heavy atom. The summed E-state index contributed by atoms with van der Waals surface area (Å²) in [6.07, 6.45) is 1.56. The number of ether oxygens (including phenoxy) is 1. The molecule has 132 valence electrons. The lowest BCUT2D eigenvalue weighted by molar-refractivity contribution is -0.122. The molecule has 0 saturated carbocycles. The van der Waals surface area contributed by atoms with E-state index in [0.717, 1.165) is 0 Å². The molecule has 6 nitrogen and oxygen atoms in total. The van der Waals surface area contributed by atoms with Crippen molar-refractivity contribution < 1.29 is 17.9 Å². The summed E-state index contributed by atoms with van der Waals surface area (Å²) in [5, 5.41) is 3.09. The minimum absolute atomic E-state index is 0.0749. The quantitative estimate of drug-likeness (QED) is 0.690. The molecule has 0 aliphatic rings. The maximum absolute atomic E-state index is 12.3. The second-order valence-corrected chi connectivity index (χ2v) is 7.08. The van der Waals surface area contributed by atoms with Crippen molar-refractivity contribution in [1.29, 1.82) is 0 Å². The van der Waals surface area contributed by atoms with Gasteiger partial charge in [0.15, 0.2) is 6.61 Å². The molecule has 0 heterocycles. The van der Waals surface area contributed by atoms with Crippen LogP contribution in [-0.2, 0) is 14.8 Å². The first-order chi connectivity index (χ1) is 11.9. The van der Waals surface area contributed by atoms with Crippen molar-refractivity contribution in [2.24, 2.45) is 0 Å². The highest BCUT2D eigenvalue weighted by Crippen LogP contribution is 2.20. The van der Waals surface area contributed by atoms with Crippen molar-refractivity contribution in [2.75, 3.05) is 17.9 Å². The Hall–Kier alpha value is -2.51. The topological polar surface area (TPSA) is 84.5 Å². The number of nitrogens with one attached hydrogen (secondary N) is 2. The number of benzene rings is 2. The summed E-state index contributed by atoms with van der Waals surface area (Å²) in [4.78, 5) is 11.5. The fraction of sp³-hybridized carbons (Fsp3) is 0.118. The maximum Gasteiger partial charge on any atom is 0.261 e. The van der Waals surface area contributed by atoms with Crippen LogP contribution in [0.5, 0.6) is 5.75 Å². The summed E-state index contributed by atoms with van der Waals surface area (Å²) in [7, 11) is -3.73. The van der Waals surface area contributed by atoms with E-state index in [1.54, 1.807) is 30.3 Å². The second kappa shape index (κ2) is 8.55. The second-order valence-electron chi connectivity index (χ2n) is 4.97. The lowest BCUT2D eigenvalue weighted by atomic mass is 10.3. The van der Waals surface area contributed by atoms with E-state index in [4.69, 9.17) is 16.3 Å². The van der Waals surface area contributed by atoms with Crippen LogP contribution in [0.1, 0.15) is 0 Å². The molecule has 8 heteroatoms. The van der Waals surface area contributed by atoms with Gasteiger partial charge in [0.25, 0.3) is 15.9 Å². The van der Waals surface area contributed by atoms with Crippen molar-refractivity contribution in [2.45, 2.75) is 4.90 Å². The first-order valence-corrected chi connectivity index (χ1v) is 9.15. The highest BCUT2D eigenvalue weighted by atomic mass is 35.5. The van der Waals surface area contributed by atoms with Gasteiger partial charge in [0.05, 0.1) is 4.90 Å².